The fraction of sp³-hybridized carbons (Fsp3) is 0.143. The second-order valence-electron chi connectivity index (χ2n) is 6.07. The van der Waals surface area contributed by atoms with Crippen molar-refractivity contribution in [3.8, 4) is 17.2 Å². The van der Waals surface area contributed by atoms with Crippen LogP contribution in [0.15, 0.2) is 60.9 Å². The van der Waals surface area contributed by atoms with Gasteiger partial charge in [0.1, 0.15) is 5.75 Å². The molecule has 0 bridgehead atoms. The minimum absolute atomic E-state index is 0.190. The first-order valence-corrected chi connectivity index (χ1v) is 8.87. The molecule has 3 aromatic rings. The summed E-state index contributed by atoms with van der Waals surface area (Å²) in [7, 11) is 0. The number of ether oxygens (including phenoxy) is 3. The van der Waals surface area contributed by atoms with Gasteiger partial charge < -0.3 is 24.8 Å². The zero-order valence-corrected chi connectivity index (χ0v) is 15.3. The number of rotatable bonds is 6. The number of amides is 1. The molecule has 142 valence electrons. The van der Waals surface area contributed by atoms with Crippen LogP contribution in [0, 0.1) is 0 Å². The van der Waals surface area contributed by atoms with Crippen LogP contribution in [0.2, 0.25) is 0 Å². The van der Waals surface area contributed by atoms with Gasteiger partial charge in [-0.2, -0.15) is 0 Å². The van der Waals surface area contributed by atoms with Crippen molar-refractivity contribution in [3.05, 3.63) is 66.5 Å². The predicted octanol–water partition coefficient (Wildman–Crippen LogP) is 4.20. The number of benzene rings is 2. The third-order valence-corrected chi connectivity index (χ3v) is 4.08. The summed E-state index contributed by atoms with van der Waals surface area (Å²) in [6.45, 7) is 2.76. The van der Waals surface area contributed by atoms with Gasteiger partial charge in [0, 0.05) is 23.6 Å². The molecule has 0 spiro atoms. The van der Waals surface area contributed by atoms with Crippen LogP contribution in [-0.4, -0.2) is 24.3 Å². The van der Waals surface area contributed by atoms with Crippen molar-refractivity contribution in [2.45, 2.75) is 6.92 Å². The van der Waals surface area contributed by atoms with Crippen molar-refractivity contribution < 1.29 is 19.0 Å². The Morgan fingerprint density at radius 1 is 1.00 bits per heavy atom. The molecule has 2 heterocycles. The van der Waals surface area contributed by atoms with E-state index in [0.717, 1.165) is 11.4 Å². The Kier molecular flexibility index (Phi) is 4.97. The lowest BCUT2D eigenvalue weighted by Gasteiger charge is -2.10. The van der Waals surface area contributed by atoms with E-state index in [1.54, 1.807) is 30.5 Å². The highest BCUT2D eigenvalue weighted by molar-refractivity contribution is 6.04. The zero-order chi connectivity index (χ0) is 19.3. The average Bonchev–Trinajstić information content (AvgIpc) is 3.18. The number of pyridine rings is 1. The quantitative estimate of drug-likeness (QED) is 0.670. The standard InChI is InChI=1S/C21H19N3O4/c1-2-26-18-6-3-15(4-7-18)23-17-9-14(11-22-12-17)21(25)24-16-5-8-19-20(10-16)28-13-27-19/h3-12,23H,2,13H2,1H3,(H,24,25). The molecule has 7 heteroatoms. The molecule has 0 saturated heterocycles. The second kappa shape index (κ2) is 7.87. The highest BCUT2D eigenvalue weighted by Gasteiger charge is 2.15. The molecule has 2 aromatic carbocycles. The first-order valence-electron chi connectivity index (χ1n) is 8.87. The Balaban J connectivity index is 1.44. The molecule has 4 rings (SSSR count). The molecule has 28 heavy (non-hydrogen) atoms. The Morgan fingerprint density at radius 3 is 2.61 bits per heavy atom. The van der Waals surface area contributed by atoms with Crippen molar-refractivity contribution in [2.75, 3.05) is 24.0 Å². The summed E-state index contributed by atoms with van der Waals surface area (Å²) in [5, 5.41) is 6.07. The van der Waals surface area contributed by atoms with Gasteiger partial charge in [-0.15, -0.1) is 0 Å². The zero-order valence-electron chi connectivity index (χ0n) is 15.3. The van der Waals surface area contributed by atoms with Crippen molar-refractivity contribution in [1.82, 2.24) is 4.98 Å². The third-order valence-electron chi connectivity index (χ3n) is 4.08. The molecular formula is C21H19N3O4. The Labute approximate surface area is 162 Å². The summed E-state index contributed by atoms with van der Waals surface area (Å²) < 4.78 is 16.0. The molecule has 1 aromatic heterocycles. The van der Waals surface area contributed by atoms with Crippen molar-refractivity contribution in [3.63, 3.8) is 0 Å². The number of carbonyl (C=O) groups is 1. The maximum absolute atomic E-state index is 12.6. The SMILES string of the molecule is CCOc1ccc(Nc2cncc(C(=O)Nc3ccc4c(c3)OCO4)c2)cc1. The smallest absolute Gasteiger partial charge is 0.257 e. The molecule has 1 aliphatic rings. The monoisotopic (exact) mass is 377 g/mol. The minimum Gasteiger partial charge on any atom is -0.494 e. The molecule has 2 N–H and O–H groups in total. The molecular weight excluding hydrogens is 358 g/mol. The minimum atomic E-state index is -0.262. The topological polar surface area (TPSA) is 81.7 Å². The van der Waals surface area contributed by atoms with Gasteiger partial charge in [0.2, 0.25) is 6.79 Å². The molecule has 7 nitrogen and oxygen atoms in total. The van der Waals surface area contributed by atoms with E-state index in [0.29, 0.717) is 35.0 Å². The van der Waals surface area contributed by atoms with Gasteiger partial charge in [0.15, 0.2) is 11.5 Å². The number of carbonyl (C=O) groups excluding carboxylic acids is 1. The fourth-order valence-electron chi connectivity index (χ4n) is 2.78. The summed E-state index contributed by atoms with van der Waals surface area (Å²) >= 11 is 0. The van der Waals surface area contributed by atoms with Crippen LogP contribution in [0.3, 0.4) is 0 Å². The third kappa shape index (κ3) is 3.98. The van der Waals surface area contributed by atoms with E-state index >= 15 is 0 Å². The highest BCUT2D eigenvalue weighted by Crippen LogP contribution is 2.34. The number of fused-ring (bicyclic) bond motifs is 1. The Morgan fingerprint density at radius 2 is 1.79 bits per heavy atom. The lowest BCUT2D eigenvalue weighted by atomic mass is 10.2. The van der Waals surface area contributed by atoms with Crippen molar-refractivity contribution in [1.29, 1.82) is 0 Å². The van der Waals surface area contributed by atoms with E-state index in [1.165, 1.54) is 6.20 Å². The Bertz CT molecular complexity index is 989. The first-order chi connectivity index (χ1) is 13.7. The largest absolute Gasteiger partial charge is 0.494 e. The van der Waals surface area contributed by atoms with Crippen LogP contribution < -0.4 is 24.8 Å². The van der Waals surface area contributed by atoms with Gasteiger partial charge in [-0.05, 0) is 49.4 Å². The van der Waals surface area contributed by atoms with E-state index in [-0.39, 0.29) is 12.7 Å². The normalized spacial score (nSPS) is 11.8. The van der Waals surface area contributed by atoms with E-state index in [2.05, 4.69) is 15.6 Å². The number of hydrogen-bond donors (Lipinski definition) is 2. The van der Waals surface area contributed by atoms with Gasteiger partial charge in [0.05, 0.1) is 24.1 Å². The number of hydrogen-bond acceptors (Lipinski definition) is 6. The summed E-state index contributed by atoms with van der Waals surface area (Å²) in [5.74, 6) is 1.83. The molecule has 0 saturated carbocycles. The summed E-state index contributed by atoms with van der Waals surface area (Å²) in [6.07, 6.45) is 3.18. The summed E-state index contributed by atoms with van der Waals surface area (Å²) in [5.41, 5.74) is 2.65. The van der Waals surface area contributed by atoms with Crippen LogP contribution in [0.25, 0.3) is 0 Å². The van der Waals surface area contributed by atoms with Gasteiger partial charge in [-0.25, -0.2) is 0 Å². The molecule has 0 atom stereocenters. The van der Waals surface area contributed by atoms with Crippen LogP contribution in [0.1, 0.15) is 17.3 Å². The predicted molar refractivity (Wildman–Crippen MR) is 106 cm³/mol. The maximum atomic E-state index is 12.6. The average molecular weight is 377 g/mol. The number of anilines is 3. The molecule has 0 fully saturated rings. The van der Waals surface area contributed by atoms with Crippen LogP contribution in [0.4, 0.5) is 17.1 Å². The fourth-order valence-corrected chi connectivity index (χ4v) is 2.78. The van der Waals surface area contributed by atoms with Gasteiger partial charge in [-0.3, -0.25) is 9.78 Å². The molecule has 0 radical (unpaired) electrons. The molecule has 0 unspecified atom stereocenters. The van der Waals surface area contributed by atoms with Gasteiger partial charge in [-0.1, -0.05) is 0 Å². The lowest BCUT2D eigenvalue weighted by molar-refractivity contribution is 0.102. The first kappa shape index (κ1) is 17.7. The van der Waals surface area contributed by atoms with Gasteiger partial charge >= 0.3 is 0 Å². The Hall–Kier alpha value is -3.74. The number of nitrogens with zero attached hydrogens (tertiary/aromatic N) is 1. The van der Waals surface area contributed by atoms with Crippen molar-refractivity contribution >= 4 is 23.0 Å². The highest BCUT2D eigenvalue weighted by atomic mass is 16.7. The number of nitrogens with one attached hydrogen (secondary N) is 2. The molecule has 1 aliphatic heterocycles. The summed E-state index contributed by atoms with van der Waals surface area (Å²) in [6, 6.07) is 14.6. The summed E-state index contributed by atoms with van der Waals surface area (Å²) in [4.78, 5) is 16.7. The van der Waals surface area contributed by atoms with E-state index in [4.69, 9.17) is 14.2 Å². The van der Waals surface area contributed by atoms with Crippen LogP contribution in [-0.2, 0) is 0 Å². The van der Waals surface area contributed by atoms with E-state index in [1.807, 2.05) is 31.2 Å². The lowest BCUT2D eigenvalue weighted by Crippen LogP contribution is -2.12. The molecule has 1 amide bonds. The van der Waals surface area contributed by atoms with Gasteiger partial charge in [0.25, 0.3) is 5.91 Å². The van der Waals surface area contributed by atoms with Crippen LogP contribution >= 0.6 is 0 Å². The van der Waals surface area contributed by atoms with Crippen molar-refractivity contribution in [2.24, 2.45) is 0 Å². The van der Waals surface area contributed by atoms with E-state index < -0.39 is 0 Å². The molecule has 0 aliphatic carbocycles. The second-order valence-corrected chi connectivity index (χ2v) is 6.07. The van der Waals surface area contributed by atoms with E-state index in [9.17, 15) is 4.79 Å². The number of aromatic nitrogens is 1. The van der Waals surface area contributed by atoms with Crippen LogP contribution in [0.5, 0.6) is 17.2 Å². The maximum Gasteiger partial charge on any atom is 0.257 e.